The van der Waals surface area contributed by atoms with E-state index in [1.165, 1.54) is 12.5 Å². The van der Waals surface area contributed by atoms with Gasteiger partial charge in [-0.15, -0.1) is 0 Å². The maximum atomic E-state index is 10.4. The quantitative estimate of drug-likeness (QED) is 0.758. The van der Waals surface area contributed by atoms with Crippen molar-refractivity contribution in [2.75, 3.05) is 0 Å². The van der Waals surface area contributed by atoms with Crippen LogP contribution < -0.4 is 0 Å². The van der Waals surface area contributed by atoms with Gasteiger partial charge in [0, 0.05) is 0 Å². The van der Waals surface area contributed by atoms with Crippen LogP contribution in [0.25, 0.3) is 11.5 Å². The lowest BCUT2D eigenvalue weighted by Gasteiger charge is -1.86. The Kier molecular flexibility index (Phi) is 1.63. The number of aromatic nitrogens is 1. The predicted octanol–water partition coefficient (Wildman–Crippen LogP) is 1.63. The maximum Gasteiger partial charge on any atom is 0.392 e. The summed E-state index contributed by atoms with van der Waals surface area (Å²) in [5.74, 6) is -0.772. The van der Waals surface area contributed by atoms with Crippen LogP contribution in [0.5, 0.6) is 0 Å². The smallest absolute Gasteiger partial charge is 0.392 e. The van der Waals surface area contributed by atoms with E-state index in [2.05, 4.69) is 4.98 Å². The summed E-state index contributed by atoms with van der Waals surface area (Å²) in [5.41, 5.74) is 0. The van der Waals surface area contributed by atoms with Gasteiger partial charge >= 0.3 is 11.9 Å². The summed E-state index contributed by atoms with van der Waals surface area (Å²) in [6.45, 7) is 0. The highest BCUT2D eigenvalue weighted by Crippen LogP contribution is 2.20. The molecule has 0 saturated carbocycles. The lowest BCUT2D eigenvalue weighted by Crippen LogP contribution is -1.94. The third-order valence-electron chi connectivity index (χ3n) is 1.45. The number of oxazole rings is 1. The van der Waals surface area contributed by atoms with E-state index in [4.69, 9.17) is 13.9 Å². The Balaban J connectivity index is 2.39. The summed E-state index contributed by atoms with van der Waals surface area (Å²) in [5, 5.41) is 8.51. The number of carboxylic acids is 1. The first-order chi connectivity index (χ1) is 6.27. The zero-order valence-corrected chi connectivity index (χ0v) is 6.43. The van der Waals surface area contributed by atoms with Crippen LogP contribution in [0.15, 0.2) is 33.4 Å². The van der Waals surface area contributed by atoms with E-state index in [0.717, 1.165) is 0 Å². The van der Waals surface area contributed by atoms with Crippen molar-refractivity contribution in [2.24, 2.45) is 0 Å². The summed E-state index contributed by atoms with van der Waals surface area (Å²) >= 11 is 0. The first-order valence-corrected chi connectivity index (χ1v) is 3.50. The number of furan rings is 1. The predicted molar refractivity (Wildman–Crippen MR) is 41.2 cm³/mol. The third-order valence-corrected chi connectivity index (χ3v) is 1.45. The van der Waals surface area contributed by atoms with Crippen LogP contribution in [0.4, 0.5) is 0 Å². The van der Waals surface area contributed by atoms with Crippen LogP contribution in [0.3, 0.4) is 0 Å². The van der Waals surface area contributed by atoms with Gasteiger partial charge in [-0.2, -0.15) is 0 Å². The first kappa shape index (κ1) is 7.60. The Bertz CT molecular complexity index is 415. The number of carboxylic acid groups (broad SMARTS) is 1. The van der Waals surface area contributed by atoms with Gasteiger partial charge in [-0.1, -0.05) is 0 Å². The van der Waals surface area contributed by atoms with Gasteiger partial charge < -0.3 is 13.9 Å². The minimum absolute atomic E-state index is 0.308. The molecule has 0 radical (unpaired) electrons. The monoisotopic (exact) mass is 179 g/mol. The molecule has 2 rings (SSSR count). The zero-order chi connectivity index (χ0) is 9.26. The van der Waals surface area contributed by atoms with E-state index in [1.807, 2.05) is 0 Å². The maximum absolute atomic E-state index is 10.4. The van der Waals surface area contributed by atoms with Gasteiger partial charge in [0.25, 0.3) is 0 Å². The van der Waals surface area contributed by atoms with Gasteiger partial charge in [-0.3, -0.25) is 0 Å². The van der Waals surface area contributed by atoms with Crippen molar-refractivity contribution < 1.29 is 18.7 Å². The van der Waals surface area contributed by atoms with Gasteiger partial charge in [0.05, 0.1) is 12.5 Å². The molecular weight excluding hydrogens is 174 g/mol. The Hall–Kier alpha value is -2.04. The van der Waals surface area contributed by atoms with E-state index in [9.17, 15) is 4.79 Å². The fourth-order valence-electron chi connectivity index (χ4n) is 0.906. The summed E-state index contributed by atoms with van der Waals surface area (Å²) in [7, 11) is 0. The zero-order valence-electron chi connectivity index (χ0n) is 6.43. The largest absolute Gasteiger partial charge is 0.474 e. The van der Waals surface area contributed by atoms with Gasteiger partial charge in [0.15, 0.2) is 11.5 Å². The SMILES string of the molecule is O=C(O)c1ncc(-c2ccco2)o1. The molecule has 5 nitrogen and oxygen atoms in total. The summed E-state index contributed by atoms with van der Waals surface area (Å²) < 4.78 is 9.87. The highest BCUT2D eigenvalue weighted by Gasteiger charge is 2.13. The van der Waals surface area contributed by atoms with Crippen LogP contribution in [-0.4, -0.2) is 16.1 Å². The molecule has 5 heteroatoms. The van der Waals surface area contributed by atoms with Crippen molar-refractivity contribution in [3.63, 3.8) is 0 Å². The minimum Gasteiger partial charge on any atom is -0.474 e. The van der Waals surface area contributed by atoms with Gasteiger partial charge in [-0.25, -0.2) is 9.78 Å². The van der Waals surface area contributed by atoms with E-state index < -0.39 is 5.97 Å². The Labute approximate surface area is 72.6 Å². The molecule has 0 atom stereocenters. The van der Waals surface area contributed by atoms with Crippen LogP contribution in [0.1, 0.15) is 10.7 Å². The summed E-state index contributed by atoms with van der Waals surface area (Å²) in [6.07, 6.45) is 2.78. The average molecular weight is 179 g/mol. The second-order valence-corrected chi connectivity index (χ2v) is 2.31. The average Bonchev–Trinajstić information content (AvgIpc) is 2.75. The lowest BCUT2D eigenvalue weighted by molar-refractivity contribution is 0.0654. The second-order valence-electron chi connectivity index (χ2n) is 2.31. The minimum atomic E-state index is -1.20. The van der Waals surface area contributed by atoms with Crippen LogP contribution in [0.2, 0.25) is 0 Å². The molecule has 0 saturated heterocycles. The number of carbonyl (C=O) groups is 1. The molecule has 66 valence electrons. The van der Waals surface area contributed by atoms with Crippen LogP contribution in [-0.2, 0) is 0 Å². The van der Waals surface area contributed by atoms with Crippen molar-refractivity contribution in [2.45, 2.75) is 0 Å². The van der Waals surface area contributed by atoms with E-state index in [1.54, 1.807) is 12.1 Å². The van der Waals surface area contributed by atoms with Gasteiger partial charge in [0.1, 0.15) is 0 Å². The van der Waals surface area contributed by atoms with E-state index in [0.29, 0.717) is 11.5 Å². The molecule has 1 N–H and O–H groups in total. The molecule has 0 aliphatic rings. The Morgan fingerprint density at radius 3 is 2.85 bits per heavy atom. The Morgan fingerprint density at radius 2 is 2.31 bits per heavy atom. The van der Waals surface area contributed by atoms with Gasteiger partial charge in [0.2, 0.25) is 0 Å². The molecule has 0 spiro atoms. The number of hydrogen-bond donors (Lipinski definition) is 1. The Morgan fingerprint density at radius 1 is 1.46 bits per heavy atom. The first-order valence-electron chi connectivity index (χ1n) is 3.50. The molecule has 2 heterocycles. The van der Waals surface area contributed by atoms with Crippen molar-refractivity contribution >= 4 is 5.97 Å². The fourth-order valence-corrected chi connectivity index (χ4v) is 0.906. The lowest BCUT2D eigenvalue weighted by atomic mass is 10.4. The molecule has 0 aromatic carbocycles. The topological polar surface area (TPSA) is 76.5 Å². The molecular formula is C8H5NO4. The highest BCUT2D eigenvalue weighted by molar-refractivity contribution is 5.82. The molecule has 0 unspecified atom stereocenters. The van der Waals surface area contributed by atoms with Gasteiger partial charge in [-0.05, 0) is 12.1 Å². The molecule has 0 aliphatic carbocycles. The van der Waals surface area contributed by atoms with E-state index in [-0.39, 0.29) is 5.89 Å². The standard InChI is InChI=1S/C8H5NO4/c10-8(11)7-9-4-6(13-7)5-2-1-3-12-5/h1-4H,(H,10,11). The molecule has 0 aliphatic heterocycles. The highest BCUT2D eigenvalue weighted by atomic mass is 16.4. The van der Waals surface area contributed by atoms with Crippen molar-refractivity contribution in [1.29, 1.82) is 0 Å². The summed E-state index contributed by atoms with van der Waals surface area (Å²) in [4.78, 5) is 13.9. The van der Waals surface area contributed by atoms with E-state index >= 15 is 0 Å². The third kappa shape index (κ3) is 1.31. The van der Waals surface area contributed by atoms with Crippen molar-refractivity contribution in [3.8, 4) is 11.5 Å². The van der Waals surface area contributed by atoms with Crippen molar-refractivity contribution in [3.05, 3.63) is 30.5 Å². The summed E-state index contributed by atoms with van der Waals surface area (Å²) in [6, 6.07) is 3.34. The molecule has 2 aromatic heterocycles. The number of nitrogens with zero attached hydrogens (tertiary/aromatic N) is 1. The normalized spacial score (nSPS) is 10.2. The van der Waals surface area contributed by atoms with Crippen LogP contribution >= 0.6 is 0 Å². The molecule has 2 aromatic rings. The van der Waals surface area contributed by atoms with Crippen LogP contribution in [0, 0.1) is 0 Å². The molecule has 13 heavy (non-hydrogen) atoms. The number of rotatable bonds is 2. The molecule has 0 bridgehead atoms. The number of aromatic carboxylic acids is 1. The molecule has 0 amide bonds. The number of hydrogen-bond acceptors (Lipinski definition) is 4. The fraction of sp³-hybridized carbons (Fsp3) is 0. The van der Waals surface area contributed by atoms with Crippen molar-refractivity contribution in [1.82, 2.24) is 4.98 Å². The second kappa shape index (κ2) is 2.78. The molecule has 0 fully saturated rings.